The smallest absolute Gasteiger partial charge is 0.410 e. The van der Waals surface area contributed by atoms with Gasteiger partial charge < -0.3 is 14.4 Å². The first-order valence-corrected chi connectivity index (χ1v) is 9.90. The summed E-state index contributed by atoms with van der Waals surface area (Å²) in [6.07, 6.45) is 4.24. The van der Waals surface area contributed by atoms with E-state index >= 15 is 0 Å². The Morgan fingerprint density at radius 2 is 1.97 bits per heavy atom. The first kappa shape index (κ1) is 20.1. The van der Waals surface area contributed by atoms with Crippen LogP contribution in [-0.2, 0) is 4.74 Å². The molecule has 0 atom stereocenters. The van der Waals surface area contributed by atoms with Gasteiger partial charge in [0.15, 0.2) is 5.65 Å². The van der Waals surface area contributed by atoms with E-state index in [-0.39, 0.29) is 18.0 Å². The molecule has 4 rings (SSSR count). The molecular weight excluding hydrogens is 389 g/mol. The third kappa shape index (κ3) is 4.34. The molecule has 1 aliphatic rings. The number of benzene rings is 1. The largest absolute Gasteiger partial charge is 0.444 e. The Kier molecular flexibility index (Phi) is 5.27. The van der Waals surface area contributed by atoms with E-state index in [1.54, 1.807) is 23.2 Å². The van der Waals surface area contributed by atoms with E-state index in [9.17, 15) is 9.18 Å². The number of carbonyl (C=O) groups is 1. The SMILES string of the molecule is CC(C)(C)OC(=O)N1CCC(n2ncc3c(Oc4cccc(F)c4)ncnc32)CC1. The minimum atomic E-state index is -0.513. The second-order valence-electron chi connectivity index (χ2n) is 8.26. The fraction of sp³-hybridized carbons (Fsp3) is 0.429. The molecule has 0 saturated carbocycles. The van der Waals surface area contributed by atoms with E-state index in [1.165, 1.54) is 18.5 Å². The maximum absolute atomic E-state index is 13.4. The van der Waals surface area contributed by atoms with Crippen LogP contribution in [-0.4, -0.2) is 49.4 Å². The van der Waals surface area contributed by atoms with Gasteiger partial charge in [-0.25, -0.2) is 23.8 Å². The molecule has 1 aliphatic heterocycles. The summed E-state index contributed by atoms with van der Waals surface area (Å²) < 4.78 is 26.5. The van der Waals surface area contributed by atoms with Crippen molar-refractivity contribution in [2.75, 3.05) is 13.1 Å². The molecule has 3 aromatic rings. The second-order valence-corrected chi connectivity index (χ2v) is 8.26. The van der Waals surface area contributed by atoms with Crippen molar-refractivity contribution in [1.29, 1.82) is 0 Å². The van der Waals surface area contributed by atoms with Crippen molar-refractivity contribution in [2.24, 2.45) is 0 Å². The van der Waals surface area contributed by atoms with Crippen molar-refractivity contribution in [3.63, 3.8) is 0 Å². The molecule has 158 valence electrons. The fourth-order valence-electron chi connectivity index (χ4n) is 3.45. The molecule has 0 N–H and O–H groups in total. The van der Waals surface area contributed by atoms with Crippen molar-refractivity contribution >= 4 is 17.1 Å². The third-order valence-corrected chi connectivity index (χ3v) is 4.83. The summed E-state index contributed by atoms with van der Waals surface area (Å²) >= 11 is 0. The summed E-state index contributed by atoms with van der Waals surface area (Å²) in [6, 6.07) is 5.98. The molecule has 0 spiro atoms. The highest BCUT2D eigenvalue weighted by molar-refractivity contribution is 5.80. The summed E-state index contributed by atoms with van der Waals surface area (Å²) in [5.41, 5.74) is 0.133. The standard InChI is InChI=1S/C21H24FN5O3/c1-21(2,3)30-20(28)26-9-7-15(8-10-26)27-18-17(12-25-27)19(24-13-23-18)29-16-6-4-5-14(22)11-16/h4-6,11-13,15H,7-10H2,1-3H3. The molecule has 1 aromatic carbocycles. The fourth-order valence-corrected chi connectivity index (χ4v) is 3.45. The molecular formula is C21H24FN5O3. The normalized spacial score (nSPS) is 15.4. The molecule has 0 aliphatic carbocycles. The Balaban J connectivity index is 1.49. The number of aromatic nitrogens is 4. The van der Waals surface area contributed by atoms with Crippen LogP contribution < -0.4 is 4.74 Å². The summed E-state index contributed by atoms with van der Waals surface area (Å²) in [4.78, 5) is 22.6. The maximum atomic E-state index is 13.4. The highest BCUT2D eigenvalue weighted by Crippen LogP contribution is 2.31. The van der Waals surface area contributed by atoms with E-state index in [0.29, 0.717) is 35.8 Å². The Morgan fingerprint density at radius 3 is 2.67 bits per heavy atom. The average Bonchev–Trinajstić information content (AvgIpc) is 3.12. The predicted molar refractivity (Wildman–Crippen MR) is 108 cm³/mol. The van der Waals surface area contributed by atoms with Crippen molar-refractivity contribution in [3.05, 3.63) is 42.6 Å². The number of nitrogens with zero attached hydrogens (tertiary/aromatic N) is 5. The lowest BCUT2D eigenvalue weighted by Gasteiger charge is -2.33. The molecule has 0 radical (unpaired) electrons. The van der Waals surface area contributed by atoms with Crippen LogP contribution in [0.25, 0.3) is 11.0 Å². The Labute approximate surface area is 173 Å². The van der Waals surface area contributed by atoms with Gasteiger partial charge in [-0.2, -0.15) is 5.10 Å². The minimum Gasteiger partial charge on any atom is -0.444 e. The van der Waals surface area contributed by atoms with Crippen LogP contribution in [0.2, 0.25) is 0 Å². The van der Waals surface area contributed by atoms with Gasteiger partial charge in [0.25, 0.3) is 0 Å². The lowest BCUT2D eigenvalue weighted by Crippen LogP contribution is -2.42. The highest BCUT2D eigenvalue weighted by atomic mass is 19.1. The van der Waals surface area contributed by atoms with Crippen molar-refractivity contribution < 1.29 is 18.7 Å². The number of carbonyl (C=O) groups excluding carboxylic acids is 1. The van der Waals surface area contributed by atoms with Gasteiger partial charge in [0.05, 0.1) is 12.2 Å². The lowest BCUT2D eigenvalue weighted by atomic mass is 10.1. The van der Waals surface area contributed by atoms with E-state index in [4.69, 9.17) is 9.47 Å². The summed E-state index contributed by atoms with van der Waals surface area (Å²) in [7, 11) is 0. The van der Waals surface area contributed by atoms with Crippen LogP contribution in [0.3, 0.4) is 0 Å². The zero-order valence-corrected chi connectivity index (χ0v) is 17.2. The second kappa shape index (κ2) is 7.89. The van der Waals surface area contributed by atoms with Gasteiger partial charge in [-0.15, -0.1) is 0 Å². The van der Waals surface area contributed by atoms with Gasteiger partial charge in [0.1, 0.15) is 28.9 Å². The van der Waals surface area contributed by atoms with Gasteiger partial charge in [0, 0.05) is 19.2 Å². The van der Waals surface area contributed by atoms with Gasteiger partial charge in [0.2, 0.25) is 5.88 Å². The average molecular weight is 413 g/mol. The van der Waals surface area contributed by atoms with Crippen molar-refractivity contribution in [3.8, 4) is 11.6 Å². The number of halogens is 1. The van der Waals surface area contributed by atoms with Gasteiger partial charge >= 0.3 is 6.09 Å². The number of amides is 1. The van der Waals surface area contributed by atoms with E-state index < -0.39 is 5.60 Å². The first-order valence-electron chi connectivity index (χ1n) is 9.90. The zero-order valence-electron chi connectivity index (χ0n) is 17.2. The van der Waals surface area contributed by atoms with Crippen LogP contribution >= 0.6 is 0 Å². The zero-order chi connectivity index (χ0) is 21.3. The van der Waals surface area contributed by atoms with E-state index in [1.807, 2.05) is 25.5 Å². The van der Waals surface area contributed by atoms with Gasteiger partial charge in [-0.05, 0) is 45.7 Å². The highest BCUT2D eigenvalue weighted by Gasteiger charge is 2.29. The van der Waals surface area contributed by atoms with Crippen LogP contribution in [0.15, 0.2) is 36.8 Å². The monoisotopic (exact) mass is 413 g/mol. The number of hydrogen-bond acceptors (Lipinski definition) is 6. The molecule has 0 bridgehead atoms. The van der Waals surface area contributed by atoms with Crippen molar-refractivity contribution in [2.45, 2.75) is 45.3 Å². The number of rotatable bonds is 3. The third-order valence-electron chi connectivity index (χ3n) is 4.83. The number of piperidine rings is 1. The minimum absolute atomic E-state index is 0.0955. The van der Waals surface area contributed by atoms with E-state index in [2.05, 4.69) is 15.1 Å². The topological polar surface area (TPSA) is 82.4 Å². The number of hydrogen-bond donors (Lipinski definition) is 0. The van der Waals surface area contributed by atoms with Gasteiger partial charge in [-0.3, -0.25) is 0 Å². The van der Waals surface area contributed by atoms with Crippen LogP contribution in [0, 0.1) is 5.82 Å². The molecule has 8 nitrogen and oxygen atoms in total. The molecule has 2 aromatic heterocycles. The van der Waals surface area contributed by atoms with Crippen LogP contribution in [0.4, 0.5) is 9.18 Å². The summed E-state index contributed by atoms with van der Waals surface area (Å²) in [5, 5.41) is 5.14. The maximum Gasteiger partial charge on any atom is 0.410 e. The molecule has 1 fully saturated rings. The summed E-state index contributed by atoms with van der Waals surface area (Å²) in [5.74, 6) is 0.293. The number of ether oxygens (including phenoxy) is 2. The van der Waals surface area contributed by atoms with E-state index in [0.717, 1.165) is 12.8 Å². The molecule has 9 heteroatoms. The number of fused-ring (bicyclic) bond motifs is 1. The molecule has 3 heterocycles. The van der Waals surface area contributed by atoms with Crippen LogP contribution in [0.1, 0.15) is 39.7 Å². The van der Waals surface area contributed by atoms with Crippen LogP contribution in [0.5, 0.6) is 11.6 Å². The molecule has 0 unspecified atom stereocenters. The Morgan fingerprint density at radius 1 is 1.20 bits per heavy atom. The quantitative estimate of drug-likeness (QED) is 0.636. The molecule has 30 heavy (non-hydrogen) atoms. The van der Waals surface area contributed by atoms with Gasteiger partial charge in [-0.1, -0.05) is 6.07 Å². The lowest BCUT2D eigenvalue weighted by molar-refractivity contribution is 0.0186. The molecule has 1 saturated heterocycles. The Bertz CT molecular complexity index is 1050. The Hall–Kier alpha value is -3.23. The van der Waals surface area contributed by atoms with Crippen molar-refractivity contribution in [1.82, 2.24) is 24.6 Å². The first-order chi connectivity index (χ1) is 14.3. The predicted octanol–water partition coefficient (Wildman–Crippen LogP) is 4.33. The molecule has 1 amide bonds. The summed E-state index contributed by atoms with van der Waals surface area (Å²) in [6.45, 7) is 6.74. The number of likely N-dealkylation sites (tertiary alicyclic amines) is 1.